The standard InChI is InChI=1S/C19H13N5OS/c25-16(13-9-20-14-7-3-1-5-11(13)14)10-26-19-22-18-17(23-24-19)12-6-2-4-8-15(12)21-18/h1-9,20H,10H2,(H,21,22,24). The normalized spacial score (nSPS) is 11.5. The van der Waals surface area contributed by atoms with E-state index in [4.69, 9.17) is 0 Å². The Morgan fingerprint density at radius 1 is 0.962 bits per heavy atom. The van der Waals surface area contributed by atoms with Crippen LogP contribution in [0.4, 0.5) is 0 Å². The van der Waals surface area contributed by atoms with Crippen LogP contribution >= 0.6 is 11.8 Å². The maximum absolute atomic E-state index is 12.6. The van der Waals surface area contributed by atoms with Crippen molar-refractivity contribution in [2.24, 2.45) is 0 Å². The van der Waals surface area contributed by atoms with E-state index >= 15 is 0 Å². The van der Waals surface area contributed by atoms with Gasteiger partial charge in [0.2, 0.25) is 5.16 Å². The molecule has 0 atom stereocenters. The number of Topliss-reactive ketones (excluding diaryl/α,β-unsaturated/α-hetero) is 1. The lowest BCUT2D eigenvalue weighted by molar-refractivity contribution is 0.102. The van der Waals surface area contributed by atoms with E-state index in [1.807, 2.05) is 48.5 Å². The van der Waals surface area contributed by atoms with Crippen molar-refractivity contribution in [2.45, 2.75) is 5.16 Å². The molecule has 2 aromatic carbocycles. The van der Waals surface area contributed by atoms with E-state index in [-0.39, 0.29) is 11.5 Å². The Bertz CT molecular complexity index is 1270. The molecule has 0 aliphatic heterocycles. The van der Waals surface area contributed by atoms with Gasteiger partial charge in [0, 0.05) is 33.6 Å². The molecule has 0 saturated heterocycles. The smallest absolute Gasteiger partial charge is 0.211 e. The maximum Gasteiger partial charge on any atom is 0.211 e. The minimum absolute atomic E-state index is 0.0350. The summed E-state index contributed by atoms with van der Waals surface area (Å²) in [5.74, 6) is 0.294. The van der Waals surface area contributed by atoms with Crippen molar-refractivity contribution in [2.75, 3.05) is 5.75 Å². The summed E-state index contributed by atoms with van der Waals surface area (Å²) >= 11 is 1.29. The fourth-order valence-corrected chi connectivity index (χ4v) is 3.75. The average Bonchev–Trinajstić information content (AvgIpc) is 3.27. The van der Waals surface area contributed by atoms with Crippen molar-refractivity contribution >= 4 is 50.5 Å². The molecule has 0 saturated carbocycles. The zero-order valence-corrected chi connectivity index (χ0v) is 14.4. The van der Waals surface area contributed by atoms with E-state index in [1.54, 1.807) is 6.20 Å². The molecule has 6 nitrogen and oxygen atoms in total. The lowest BCUT2D eigenvalue weighted by Gasteiger charge is -1.99. The number of rotatable bonds is 4. The summed E-state index contributed by atoms with van der Waals surface area (Å²) in [6, 6.07) is 15.6. The van der Waals surface area contributed by atoms with Crippen molar-refractivity contribution in [3.8, 4) is 0 Å². The number of hydrogen-bond acceptors (Lipinski definition) is 5. The van der Waals surface area contributed by atoms with Gasteiger partial charge < -0.3 is 9.97 Å². The van der Waals surface area contributed by atoms with Crippen LogP contribution in [0, 0.1) is 0 Å². The number of nitrogens with one attached hydrogen (secondary N) is 2. The second-order valence-electron chi connectivity index (χ2n) is 5.92. The van der Waals surface area contributed by atoms with Crippen LogP contribution in [-0.4, -0.2) is 36.7 Å². The zero-order chi connectivity index (χ0) is 17.5. The Kier molecular flexibility index (Phi) is 3.46. The molecule has 0 aliphatic rings. The number of nitrogens with zero attached hydrogens (tertiary/aromatic N) is 3. The lowest BCUT2D eigenvalue weighted by atomic mass is 10.1. The Balaban J connectivity index is 1.41. The van der Waals surface area contributed by atoms with Crippen LogP contribution in [0.3, 0.4) is 0 Å². The van der Waals surface area contributed by atoms with Gasteiger partial charge in [-0.05, 0) is 12.1 Å². The molecular formula is C19H13N5OS. The van der Waals surface area contributed by atoms with E-state index in [9.17, 15) is 4.79 Å². The summed E-state index contributed by atoms with van der Waals surface area (Å²) in [6.07, 6.45) is 1.76. The quantitative estimate of drug-likeness (QED) is 0.375. The number of aromatic amines is 2. The van der Waals surface area contributed by atoms with Gasteiger partial charge in [-0.2, -0.15) is 0 Å². The van der Waals surface area contributed by atoms with Gasteiger partial charge in [0.05, 0.1) is 5.75 Å². The monoisotopic (exact) mass is 359 g/mol. The summed E-state index contributed by atoms with van der Waals surface area (Å²) in [4.78, 5) is 23.4. The fourth-order valence-electron chi connectivity index (χ4n) is 3.08. The van der Waals surface area contributed by atoms with Crippen LogP contribution in [0.1, 0.15) is 10.4 Å². The average molecular weight is 359 g/mol. The number of para-hydroxylation sites is 2. The van der Waals surface area contributed by atoms with Gasteiger partial charge in [0.1, 0.15) is 5.52 Å². The Morgan fingerprint density at radius 2 is 1.73 bits per heavy atom. The van der Waals surface area contributed by atoms with Crippen LogP contribution in [0.25, 0.3) is 33.0 Å². The first-order valence-electron chi connectivity index (χ1n) is 8.13. The first-order valence-corrected chi connectivity index (χ1v) is 9.11. The lowest BCUT2D eigenvalue weighted by Crippen LogP contribution is -2.03. The van der Waals surface area contributed by atoms with Crippen molar-refractivity contribution in [1.82, 2.24) is 25.1 Å². The Labute approximate surface area is 152 Å². The molecule has 0 unspecified atom stereocenters. The molecule has 26 heavy (non-hydrogen) atoms. The molecular weight excluding hydrogens is 346 g/mol. The third kappa shape index (κ3) is 2.44. The number of carbonyl (C=O) groups excluding carboxylic acids is 1. The fraction of sp³-hybridized carbons (Fsp3) is 0.0526. The van der Waals surface area contributed by atoms with E-state index < -0.39 is 0 Å². The highest BCUT2D eigenvalue weighted by atomic mass is 32.2. The highest BCUT2D eigenvalue weighted by molar-refractivity contribution is 7.99. The highest BCUT2D eigenvalue weighted by Crippen LogP contribution is 2.24. The molecule has 0 aliphatic carbocycles. The molecule has 0 amide bonds. The van der Waals surface area contributed by atoms with Gasteiger partial charge in [-0.3, -0.25) is 4.79 Å². The van der Waals surface area contributed by atoms with Gasteiger partial charge in [-0.15, -0.1) is 10.2 Å². The van der Waals surface area contributed by atoms with E-state index in [2.05, 4.69) is 25.1 Å². The number of carbonyl (C=O) groups is 1. The SMILES string of the molecule is O=C(CSc1nnc2c(n1)[nH]c1ccccc12)c1c[nH]c2ccccc12. The summed E-state index contributed by atoms with van der Waals surface area (Å²) in [6.45, 7) is 0. The van der Waals surface area contributed by atoms with Crippen LogP contribution in [-0.2, 0) is 0 Å². The van der Waals surface area contributed by atoms with E-state index in [0.717, 1.165) is 27.3 Å². The van der Waals surface area contributed by atoms with Crippen LogP contribution in [0.5, 0.6) is 0 Å². The molecule has 0 spiro atoms. The third-order valence-electron chi connectivity index (χ3n) is 4.32. The molecule has 0 radical (unpaired) electrons. The number of ketones is 1. The molecule has 0 bridgehead atoms. The van der Waals surface area contributed by atoms with Gasteiger partial charge in [-0.1, -0.05) is 48.2 Å². The number of fused-ring (bicyclic) bond motifs is 4. The first kappa shape index (κ1) is 15.1. The van der Waals surface area contributed by atoms with Gasteiger partial charge >= 0.3 is 0 Å². The predicted octanol–water partition coefficient (Wildman–Crippen LogP) is 3.96. The van der Waals surface area contributed by atoms with Crippen LogP contribution in [0.15, 0.2) is 59.9 Å². The zero-order valence-electron chi connectivity index (χ0n) is 13.6. The van der Waals surface area contributed by atoms with Crippen molar-refractivity contribution in [1.29, 1.82) is 0 Å². The summed E-state index contributed by atoms with van der Waals surface area (Å²) in [5.41, 5.74) is 4.04. The number of thioether (sulfide) groups is 1. The highest BCUT2D eigenvalue weighted by Gasteiger charge is 2.14. The molecule has 0 fully saturated rings. The minimum Gasteiger partial charge on any atom is -0.360 e. The first-order chi connectivity index (χ1) is 12.8. The maximum atomic E-state index is 12.6. The molecule has 126 valence electrons. The van der Waals surface area contributed by atoms with Crippen molar-refractivity contribution in [3.05, 3.63) is 60.3 Å². The number of hydrogen-bond donors (Lipinski definition) is 2. The number of H-pyrrole nitrogens is 2. The predicted molar refractivity (Wildman–Crippen MR) is 103 cm³/mol. The van der Waals surface area contributed by atoms with Gasteiger partial charge in [0.15, 0.2) is 11.4 Å². The third-order valence-corrected chi connectivity index (χ3v) is 5.16. The van der Waals surface area contributed by atoms with Crippen molar-refractivity contribution in [3.63, 3.8) is 0 Å². The molecule has 3 heterocycles. The largest absolute Gasteiger partial charge is 0.360 e. The van der Waals surface area contributed by atoms with E-state index in [1.165, 1.54) is 11.8 Å². The van der Waals surface area contributed by atoms with Gasteiger partial charge in [0.25, 0.3) is 0 Å². The molecule has 5 aromatic rings. The summed E-state index contributed by atoms with van der Waals surface area (Å²) in [7, 11) is 0. The van der Waals surface area contributed by atoms with Gasteiger partial charge in [-0.25, -0.2) is 4.98 Å². The second-order valence-corrected chi connectivity index (χ2v) is 6.86. The molecule has 7 heteroatoms. The summed E-state index contributed by atoms with van der Waals surface area (Å²) in [5, 5.41) is 10.9. The Morgan fingerprint density at radius 3 is 2.62 bits per heavy atom. The minimum atomic E-state index is 0.0350. The molecule has 2 N–H and O–H groups in total. The Hall–Kier alpha value is -3.19. The second kappa shape index (κ2) is 5.96. The number of benzene rings is 2. The topological polar surface area (TPSA) is 87.3 Å². The van der Waals surface area contributed by atoms with Crippen LogP contribution in [0.2, 0.25) is 0 Å². The molecule has 5 rings (SSSR count). The summed E-state index contributed by atoms with van der Waals surface area (Å²) < 4.78 is 0. The van der Waals surface area contributed by atoms with Crippen LogP contribution < -0.4 is 0 Å². The number of aromatic nitrogens is 5. The molecule has 3 aromatic heterocycles. The van der Waals surface area contributed by atoms with E-state index in [0.29, 0.717) is 16.4 Å². The van der Waals surface area contributed by atoms with Crippen molar-refractivity contribution < 1.29 is 4.79 Å².